The van der Waals surface area contributed by atoms with Crippen LogP contribution in [-0.4, -0.2) is 16.0 Å². The Labute approximate surface area is 112 Å². The number of alkyl halides is 3. The molecule has 2 aromatic rings. The predicted molar refractivity (Wildman–Crippen MR) is 65.9 cm³/mol. The van der Waals surface area contributed by atoms with Crippen molar-refractivity contribution in [2.75, 3.05) is 5.32 Å². The van der Waals surface area contributed by atoms with Crippen molar-refractivity contribution in [3.63, 3.8) is 0 Å². The molecule has 0 fully saturated rings. The van der Waals surface area contributed by atoms with Crippen LogP contribution in [0.25, 0.3) is 0 Å². The normalized spacial score (nSPS) is 11.2. The van der Waals surface area contributed by atoms with Gasteiger partial charge in [0, 0.05) is 11.9 Å². The number of imidazole rings is 1. The van der Waals surface area contributed by atoms with Gasteiger partial charge in [0.1, 0.15) is 0 Å². The van der Waals surface area contributed by atoms with Gasteiger partial charge in [-0.3, -0.25) is 0 Å². The molecule has 0 radical (unpaired) electrons. The van der Waals surface area contributed by atoms with Crippen LogP contribution >= 0.6 is 0 Å². The van der Waals surface area contributed by atoms with Crippen molar-refractivity contribution in [2.45, 2.75) is 12.7 Å². The van der Waals surface area contributed by atoms with Crippen molar-refractivity contribution in [3.05, 3.63) is 48.0 Å². The Morgan fingerprint density at radius 2 is 2.15 bits per heavy atom. The van der Waals surface area contributed by atoms with Gasteiger partial charge in [-0.15, -0.1) is 0 Å². The van der Waals surface area contributed by atoms with Gasteiger partial charge in [-0.05, 0) is 18.2 Å². The number of nitrogens with zero attached hydrogens (tertiary/aromatic N) is 1. The number of carbonyl (C=O) groups is 1. The molecule has 0 saturated carbocycles. The van der Waals surface area contributed by atoms with Crippen LogP contribution in [0.4, 0.5) is 23.7 Å². The lowest BCUT2D eigenvalue weighted by Gasteiger charge is -2.10. The molecule has 0 aliphatic carbocycles. The fraction of sp³-hybridized carbons (Fsp3) is 0.167. The molecule has 0 aliphatic rings. The van der Waals surface area contributed by atoms with Crippen LogP contribution in [0.3, 0.4) is 0 Å². The predicted octanol–water partition coefficient (Wildman–Crippen LogP) is 2.75. The van der Waals surface area contributed by atoms with Gasteiger partial charge in [-0.25, -0.2) is 9.78 Å². The van der Waals surface area contributed by atoms with Crippen LogP contribution < -0.4 is 10.6 Å². The van der Waals surface area contributed by atoms with E-state index in [1.54, 1.807) is 0 Å². The minimum Gasteiger partial charge on any atom is -0.347 e. The molecule has 0 unspecified atom stereocenters. The van der Waals surface area contributed by atoms with E-state index >= 15 is 0 Å². The van der Waals surface area contributed by atoms with Crippen molar-refractivity contribution in [2.24, 2.45) is 0 Å². The molecule has 0 aliphatic heterocycles. The van der Waals surface area contributed by atoms with Gasteiger partial charge < -0.3 is 15.6 Å². The van der Waals surface area contributed by atoms with E-state index in [0.29, 0.717) is 5.69 Å². The fourth-order valence-electron chi connectivity index (χ4n) is 1.51. The number of rotatable bonds is 3. The van der Waals surface area contributed by atoms with Gasteiger partial charge in [0.2, 0.25) is 0 Å². The molecule has 1 aromatic carbocycles. The van der Waals surface area contributed by atoms with E-state index in [-0.39, 0.29) is 12.2 Å². The lowest BCUT2D eigenvalue weighted by Crippen LogP contribution is -2.28. The Bertz CT molecular complexity index is 581. The first-order chi connectivity index (χ1) is 9.45. The zero-order chi connectivity index (χ0) is 14.6. The van der Waals surface area contributed by atoms with Crippen LogP contribution in [0, 0.1) is 0 Å². The molecule has 20 heavy (non-hydrogen) atoms. The van der Waals surface area contributed by atoms with Gasteiger partial charge in [0.05, 0.1) is 24.1 Å². The van der Waals surface area contributed by atoms with Gasteiger partial charge >= 0.3 is 12.2 Å². The zero-order valence-corrected chi connectivity index (χ0v) is 10.2. The van der Waals surface area contributed by atoms with E-state index in [9.17, 15) is 18.0 Å². The highest BCUT2D eigenvalue weighted by Gasteiger charge is 2.30. The monoisotopic (exact) mass is 284 g/mol. The van der Waals surface area contributed by atoms with Crippen LogP contribution in [0.1, 0.15) is 11.3 Å². The molecule has 0 atom stereocenters. The Morgan fingerprint density at radius 3 is 2.80 bits per heavy atom. The molecule has 3 N–H and O–H groups in total. The van der Waals surface area contributed by atoms with Crippen molar-refractivity contribution < 1.29 is 18.0 Å². The quantitative estimate of drug-likeness (QED) is 0.811. The number of urea groups is 1. The molecule has 5 nitrogen and oxygen atoms in total. The highest BCUT2D eigenvalue weighted by atomic mass is 19.4. The Hall–Kier alpha value is -2.51. The number of benzene rings is 1. The molecular formula is C12H11F3N4O. The summed E-state index contributed by atoms with van der Waals surface area (Å²) in [5.74, 6) is 0. The van der Waals surface area contributed by atoms with Gasteiger partial charge in [0.25, 0.3) is 0 Å². The summed E-state index contributed by atoms with van der Waals surface area (Å²) in [6.45, 7) is 0.199. The van der Waals surface area contributed by atoms with Crippen molar-refractivity contribution in [3.8, 4) is 0 Å². The molecule has 2 rings (SSSR count). The Morgan fingerprint density at radius 1 is 1.35 bits per heavy atom. The van der Waals surface area contributed by atoms with Crippen LogP contribution in [0.2, 0.25) is 0 Å². The topological polar surface area (TPSA) is 69.8 Å². The van der Waals surface area contributed by atoms with E-state index in [1.165, 1.54) is 24.7 Å². The molecule has 2 amide bonds. The number of nitrogens with one attached hydrogen (secondary N) is 3. The largest absolute Gasteiger partial charge is 0.416 e. The van der Waals surface area contributed by atoms with Crippen LogP contribution in [-0.2, 0) is 12.7 Å². The summed E-state index contributed by atoms with van der Waals surface area (Å²) in [4.78, 5) is 18.1. The Balaban J connectivity index is 1.94. The number of aromatic amines is 1. The fourth-order valence-corrected chi connectivity index (χ4v) is 1.51. The highest BCUT2D eigenvalue weighted by Crippen LogP contribution is 2.30. The molecular weight excluding hydrogens is 273 g/mol. The standard InChI is InChI=1S/C12H11F3N4O/c13-12(14,15)8-2-1-3-9(4-8)19-11(20)17-6-10-5-16-7-18-10/h1-5,7H,6H2,(H,16,18)(H2,17,19,20). The second-order valence-corrected chi connectivity index (χ2v) is 3.96. The summed E-state index contributed by atoms with van der Waals surface area (Å²) in [5.41, 5.74) is -0.0602. The molecule has 8 heteroatoms. The average molecular weight is 284 g/mol. The first kappa shape index (κ1) is 13.9. The molecule has 106 valence electrons. The number of hydrogen-bond acceptors (Lipinski definition) is 2. The summed E-state index contributed by atoms with van der Waals surface area (Å²) < 4.78 is 37.5. The zero-order valence-electron chi connectivity index (χ0n) is 10.2. The van der Waals surface area contributed by atoms with Crippen molar-refractivity contribution in [1.82, 2.24) is 15.3 Å². The molecule has 1 aromatic heterocycles. The lowest BCUT2D eigenvalue weighted by atomic mass is 10.2. The second kappa shape index (κ2) is 5.64. The smallest absolute Gasteiger partial charge is 0.347 e. The number of aromatic nitrogens is 2. The minimum atomic E-state index is -4.44. The maximum absolute atomic E-state index is 12.5. The molecule has 0 spiro atoms. The van der Waals surface area contributed by atoms with E-state index in [4.69, 9.17) is 0 Å². The third-order valence-electron chi connectivity index (χ3n) is 2.44. The first-order valence-electron chi connectivity index (χ1n) is 5.64. The number of hydrogen-bond donors (Lipinski definition) is 3. The maximum atomic E-state index is 12.5. The summed E-state index contributed by atoms with van der Waals surface area (Å²) >= 11 is 0. The number of H-pyrrole nitrogens is 1. The first-order valence-corrected chi connectivity index (χ1v) is 5.64. The number of carbonyl (C=O) groups excluding carboxylic acids is 1. The SMILES string of the molecule is O=C(NCc1cnc[nH]1)Nc1cccc(C(F)(F)F)c1. The van der Waals surface area contributed by atoms with E-state index < -0.39 is 17.8 Å². The highest BCUT2D eigenvalue weighted by molar-refractivity contribution is 5.89. The summed E-state index contributed by atoms with van der Waals surface area (Å²) in [5, 5.41) is 4.82. The minimum absolute atomic E-state index is 0.0712. The second-order valence-electron chi connectivity index (χ2n) is 3.96. The molecule has 0 bridgehead atoms. The van der Waals surface area contributed by atoms with Crippen LogP contribution in [0.5, 0.6) is 0 Å². The van der Waals surface area contributed by atoms with Crippen LogP contribution in [0.15, 0.2) is 36.8 Å². The number of amides is 2. The lowest BCUT2D eigenvalue weighted by molar-refractivity contribution is -0.137. The third-order valence-corrected chi connectivity index (χ3v) is 2.44. The van der Waals surface area contributed by atoms with E-state index in [1.807, 2.05) is 0 Å². The van der Waals surface area contributed by atoms with Gasteiger partial charge in [-0.1, -0.05) is 6.07 Å². The van der Waals surface area contributed by atoms with E-state index in [2.05, 4.69) is 20.6 Å². The van der Waals surface area contributed by atoms with Gasteiger partial charge in [0.15, 0.2) is 0 Å². The average Bonchev–Trinajstić information content (AvgIpc) is 2.89. The number of halogens is 3. The number of anilines is 1. The molecule has 0 saturated heterocycles. The van der Waals surface area contributed by atoms with Crippen molar-refractivity contribution in [1.29, 1.82) is 0 Å². The third kappa shape index (κ3) is 3.74. The summed E-state index contributed by atoms with van der Waals surface area (Å²) in [7, 11) is 0. The van der Waals surface area contributed by atoms with Gasteiger partial charge in [-0.2, -0.15) is 13.2 Å². The Kier molecular flexibility index (Phi) is 3.92. The molecule has 1 heterocycles. The van der Waals surface area contributed by atoms with E-state index in [0.717, 1.165) is 12.1 Å². The van der Waals surface area contributed by atoms with Crippen molar-refractivity contribution >= 4 is 11.7 Å². The summed E-state index contributed by atoms with van der Waals surface area (Å²) in [6.07, 6.45) is -1.45. The maximum Gasteiger partial charge on any atom is 0.416 e. The summed E-state index contributed by atoms with van der Waals surface area (Å²) in [6, 6.07) is 3.82.